The van der Waals surface area contributed by atoms with Gasteiger partial charge in [-0.1, -0.05) is 11.6 Å². The fraction of sp³-hybridized carbons (Fsp3) is 0.143. The van der Waals surface area contributed by atoms with Gasteiger partial charge in [0.25, 0.3) is 0 Å². The van der Waals surface area contributed by atoms with Crippen LogP contribution in [0, 0.1) is 0 Å². The smallest absolute Gasteiger partial charge is 0.230 e. The van der Waals surface area contributed by atoms with E-state index in [1.54, 1.807) is 29.2 Å². The minimum absolute atomic E-state index is 0.150. The van der Waals surface area contributed by atoms with Gasteiger partial charge in [0, 0.05) is 16.0 Å². The Kier molecular flexibility index (Phi) is 6.06. The van der Waals surface area contributed by atoms with E-state index >= 15 is 0 Å². The summed E-state index contributed by atoms with van der Waals surface area (Å²) in [6.07, 6.45) is 3.14. The molecule has 4 rings (SSSR count). The van der Waals surface area contributed by atoms with E-state index in [4.69, 9.17) is 16.3 Å². The van der Waals surface area contributed by atoms with Crippen LogP contribution in [0.5, 0.6) is 5.75 Å². The molecule has 0 aliphatic heterocycles. The zero-order chi connectivity index (χ0) is 20.9. The Hall–Kier alpha value is -3.23. The number of anilines is 1. The number of benzene rings is 2. The molecule has 1 amide bonds. The van der Waals surface area contributed by atoms with E-state index in [2.05, 4.69) is 20.4 Å². The van der Waals surface area contributed by atoms with Crippen molar-refractivity contribution in [2.24, 2.45) is 0 Å². The normalized spacial score (nSPS) is 10.7. The molecule has 0 bridgehead atoms. The molecule has 0 atom stereocenters. The van der Waals surface area contributed by atoms with Crippen LogP contribution >= 0.6 is 22.9 Å². The van der Waals surface area contributed by atoms with Crippen LogP contribution < -0.4 is 10.1 Å². The van der Waals surface area contributed by atoms with E-state index in [1.165, 1.54) is 17.7 Å². The molecule has 1 N–H and O–H groups in total. The number of thiazole rings is 1. The lowest BCUT2D eigenvalue weighted by Crippen LogP contribution is -2.16. The molecule has 2 heterocycles. The van der Waals surface area contributed by atoms with E-state index in [-0.39, 0.29) is 12.3 Å². The molecule has 0 spiro atoms. The maximum absolute atomic E-state index is 12.6. The van der Waals surface area contributed by atoms with E-state index < -0.39 is 0 Å². The first-order valence-corrected chi connectivity index (χ1v) is 10.5. The van der Waals surface area contributed by atoms with Gasteiger partial charge in [-0.25, -0.2) is 14.6 Å². The summed E-state index contributed by atoms with van der Waals surface area (Å²) in [5, 5.41) is 10.3. The Morgan fingerprint density at radius 1 is 1.23 bits per heavy atom. The zero-order valence-electron chi connectivity index (χ0n) is 16.1. The van der Waals surface area contributed by atoms with Gasteiger partial charge in [-0.3, -0.25) is 4.79 Å². The number of nitrogens with one attached hydrogen (secondary N) is 1. The number of hydrogen-bond acceptors (Lipinski definition) is 6. The van der Waals surface area contributed by atoms with Crippen molar-refractivity contribution in [1.29, 1.82) is 0 Å². The number of carbonyl (C=O) groups excluding carboxylic acids is 1. The van der Waals surface area contributed by atoms with Gasteiger partial charge in [0.1, 0.15) is 23.4 Å². The molecule has 0 aliphatic carbocycles. The molecule has 0 unspecified atom stereocenters. The van der Waals surface area contributed by atoms with Crippen LogP contribution in [0.3, 0.4) is 0 Å². The quantitative estimate of drug-likeness (QED) is 0.454. The number of ether oxygens (including phenoxy) is 1. The molecule has 2 aromatic carbocycles. The predicted octanol–water partition coefficient (Wildman–Crippen LogP) is 4.62. The van der Waals surface area contributed by atoms with Gasteiger partial charge in [-0.05, 0) is 49.4 Å². The minimum atomic E-state index is -0.192. The lowest BCUT2D eigenvalue weighted by Gasteiger charge is -2.11. The Labute approximate surface area is 182 Å². The second kappa shape index (κ2) is 9.06. The SMILES string of the molecule is CCOc1ccc(-c2nc(CC(=O)Nc3cc(Cl)ccc3-n3cncn3)cs2)cc1. The molecule has 2 aromatic heterocycles. The van der Waals surface area contributed by atoms with Crippen molar-refractivity contribution in [3.63, 3.8) is 0 Å². The van der Waals surface area contributed by atoms with Crippen molar-refractivity contribution in [2.45, 2.75) is 13.3 Å². The maximum atomic E-state index is 12.6. The number of carbonyl (C=O) groups is 1. The third kappa shape index (κ3) is 4.67. The average Bonchev–Trinajstić information content (AvgIpc) is 3.41. The number of rotatable bonds is 7. The molecule has 0 saturated carbocycles. The van der Waals surface area contributed by atoms with Gasteiger partial charge in [-0.15, -0.1) is 11.3 Å². The minimum Gasteiger partial charge on any atom is -0.494 e. The monoisotopic (exact) mass is 439 g/mol. The van der Waals surface area contributed by atoms with E-state index in [0.717, 1.165) is 16.3 Å². The highest BCUT2D eigenvalue weighted by molar-refractivity contribution is 7.13. The summed E-state index contributed by atoms with van der Waals surface area (Å²) in [6, 6.07) is 12.9. The van der Waals surface area contributed by atoms with Crippen LogP contribution in [0.1, 0.15) is 12.6 Å². The molecule has 4 aromatic rings. The van der Waals surface area contributed by atoms with Crippen molar-refractivity contribution >= 4 is 34.5 Å². The Balaban J connectivity index is 1.46. The van der Waals surface area contributed by atoms with Crippen LogP contribution in [-0.2, 0) is 11.2 Å². The fourth-order valence-corrected chi connectivity index (χ4v) is 3.88. The molecule has 152 valence electrons. The largest absolute Gasteiger partial charge is 0.494 e. The molecule has 0 saturated heterocycles. The van der Waals surface area contributed by atoms with Crippen molar-refractivity contribution in [3.05, 3.63) is 71.2 Å². The van der Waals surface area contributed by atoms with E-state index in [1.807, 2.05) is 36.6 Å². The Morgan fingerprint density at radius 2 is 2.07 bits per heavy atom. The van der Waals surface area contributed by atoms with Gasteiger partial charge in [0.2, 0.25) is 5.91 Å². The lowest BCUT2D eigenvalue weighted by atomic mass is 10.2. The summed E-state index contributed by atoms with van der Waals surface area (Å²) >= 11 is 7.61. The zero-order valence-corrected chi connectivity index (χ0v) is 17.7. The van der Waals surface area contributed by atoms with Crippen molar-refractivity contribution in [3.8, 4) is 22.0 Å². The summed E-state index contributed by atoms with van der Waals surface area (Å²) in [7, 11) is 0. The number of halogens is 1. The van der Waals surface area contributed by atoms with Crippen molar-refractivity contribution in [2.75, 3.05) is 11.9 Å². The molecular weight excluding hydrogens is 422 g/mol. The number of aromatic nitrogens is 4. The second-order valence-electron chi connectivity index (χ2n) is 6.33. The maximum Gasteiger partial charge on any atom is 0.230 e. The van der Waals surface area contributed by atoms with Gasteiger partial charge >= 0.3 is 0 Å². The summed E-state index contributed by atoms with van der Waals surface area (Å²) in [4.78, 5) is 21.2. The molecule has 0 fully saturated rings. The molecule has 7 nitrogen and oxygen atoms in total. The first-order valence-electron chi connectivity index (χ1n) is 9.24. The van der Waals surface area contributed by atoms with Crippen LogP contribution in [0.25, 0.3) is 16.3 Å². The second-order valence-corrected chi connectivity index (χ2v) is 7.62. The van der Waals surface area contributed by atoms with Crippen LogP contribution in [0.15, 0.2) is 60.5 Å². The summed E-state index contributed by atoms with van der Waals surface area (Å²) < 4.78 is 7.03. The van der Waals surface area contributed by atoms with Crippen molar-refractivity contribution in [1.82, 2.24) is 19.7 Å². The predicted molar refractivity (Wildman–Crippen MR) is 117 cm³/mol. The molecule has 9 heteroatoms. The Morgan fingerprint density at radius 3 is 2.80 bits per heavy atom. The summed E-state index contributed by atoms with van der Waals surface area (Å²) in [5.41, 5.74) is 2.92. The van der Waals surface area contributed by atoms with Gasteiger partial charge in [0.05, 0.1) is 30.1 Å². The van der Waals surface area contributed by atoms with Crippen molar-refractivity contribution < 1.29 is 9.53 Å². The molecular formula is C21H18ClN5O2S. The lowest BCUT2D eigenvalue weighted by molar-refractivity contribution is -0.115. The number of amides is 1. The third-order valence-electron chi connectivity index (χ3n) is 4.20. The van der Waals surface area contributed by atoms with Crippen LogP contribution in [0.4, 0.5) is 5.69 Å². The third-order valence-corrected chi connectivity index (χ3v) is 5.38. The van der Waals surface area contributed by atoms with Crippen LogP contribution in [-0.4, -0.2) is 32.3 Å². The van der Waals surface area contributed by atoms with Crippen LogP contribution in [0.2, 0.25) is 5.02 Å². The topological polar surface area (TPSA) is 81.9 Å². The molecule has 0 aliphatic rings. The van der Waals surface area contributed by atoms with Gasteiger partial charge in [-0.2, -0.15) is 5.10 Å². The molecule has 0 radical (unpaired) electrons. The highest BCUT2D eigenvalue weighted by Crippen LogP contribution is 2.27. The molecule has 30 heavy (non-hydrogen) atoms. The number of nitrogens with zero attached hydrogens (tertiary/aromatic N) is 4. The first kappa shape index (κ1) is 20.1. The first-order chi connectivity index (χ1) is 14.6. The highest BCUT2D eigenvalue weighted by atomic mass is 35.5. The fourth-order valence-electron chi connectivity index (χ4n) is 2.88. The standard InChI is InChI=1S/C21H18ClN5O2S/c1-2-29-17-6-3-14(4-7-17)21-25-16(11-30-21)10-20(28)26-18-9-15(22)5-8-19(18)27-13-23-12-24-27/h3-9,11-13H,2,10H2,1H3,(H,26,28). The highest BCUT2D eigenvalue weighted by Gasteiger charge is 2.13. The van der Waals surface area contributed by atoms with E-state index in [0.29, 0.717) is 28.7 Å². The van der Waals surface area contributed by atoms with Gasteiger partial charge in [0.15, 0.2) is 0 Å². The number of hydrogen-bond donors (Lipinski definition) is 1. The van der Waals surface area contributed by atoms with E-state index in [9.17, 15) is 4.79 Å². The average molecular weight is 440 g/mol. The van der Waals surface area contributed by atoms with Gasteiger partial charge < -0.3 is 10.1 Å². The Bertz CT molecular complexity index is 1140. The summed E-state index contributed by atoms with van der Waals surface area (Å²) in [5.74, 6) is 0.629. The summed E-state index contributed by atoms with van der Waals surface area (Å²) in [6.45, 7) is 2.57.